The van der Waals surface area contributed by atoms with E-state index < -0.39 is 27.8 Å². The molecule has 11 heteroatoms. The van der Waals surface area contributed by atoms with E-state index in [4.69, 9.17) is 16.3 Å². The number of rotatable bonds is 5. The summed E-state index contributed by atoms with van der Waals surface area (Å²) in [4.78, 5) is 26.8. The van der Waals surface area contributed by atoms with Gasteiger partial charge in [0.05, 0.1) is 21.5 Å². The molecule has 0 saturated carbocycles. The van der Waals surface area contributed by atoms with Crippen molar-refractivity contribution < 1.29 is 22.7 Å². The predicted molar refractivity (Wildman–Crippen MR) is 105 cm³/mol. The van der Waals surface area contributed by atoms with E-state index >= 15 is 0 Å². The van der Waals surface area contributed by atoms with Crippen LogP contribution >= 0.6 is 22.9 Å². The van der Waals surface area contributed by atoms with Gasteiger partial charge in [-0.25, -0.2) is 17.9 Å². The molecule has 27 heavy (non-hydrogen) atoms. The first-order valence-corrected chi connectivity index (χ1v) is 11.4. The van der Waals surface area contributed by atoms with Gasteiger partial charge < -0.3 is 15.0 Å². The van der Waals surface area contributed by atoms with Crippen molar-refractivity contribution >= 4 is 45.0 Å². The maximum absolute atomic E-state index is 12.5. The second-order valence-corrected chi connectivity index (χ2v) is 11.0. The number of halogens is 1. The van der Waals surface area contributed by atoms with Crippen LogP contribution in [0.15, 0.2) is 12.1 Å². The van der Waals surface area contributed by atoms with E-state index in [2.05, 4.69) is 10.0 Å². The molecule has 1 aromatic heterocycles. The zero-order valence-corrected chi connectivity index (χ0v) is 18.0. The van der Waals surface area contributed by atoms with Gasteiger partial charge in [-0.2, -0.15) is 0 Å². The van der Waals surface area contributed by atoms with Crippen LogP contribution < -0.4 is 10.0 Å². The number of carbonyl (C=O) groups excluding carboxylic acids is 2. The van der Waals surface area contributed by atoms with Gasteiger partial charge in [-0.15, -0.1) is 11.3 Å². The van der Waals surface area contributed by atoms with Gasteiger partial charge in [0.25, 0.3) is 5.91 Å². The molecule has 2 rings (SSSR count). The molecule has 152 valence electrons. The average molecular weight is 438 g/mol. The molecule has 0 radical (unpaired) electrons. The molecule has 1 aromatic rings. The van der Waals surface area contributed by atoms with Crippen molar-refractivity contribution in [3.05, 3.63) is 21.3 Å². The molecular weight excluding hydrogens is 414 g/mol. The maximum Gasteiger partial charge on any atom is 0.410 e. The van der Waals surface area contributed by atoms with Gasteiger partial charge in [0.2, 0.25) is 10.0 Å². The summed E-state index contributed by atoms with van der Waals surface area (Å²) in [5.41, 5.74) is -0.680. The first kappa shape index (κ1) is 21.9. The Labute approximate surface area is 168 Å². The molecule has 2 atom stereocenters. The first-order valence-electron chi connectivity index (χ1n) is 8.34. The molecule has 0 aliphatic carbocycles. The Kier molecular flexibility index (Phi) is 6.77. The van der Waals surface area contributed by atoms with E-state index in [-0.39, 0.29) is 25.0 Å². The van der Waals surface area contributed by atoms with Crippen molar-refractivity contribution in [1.29, 1.82) is 0 Å². The number of hydrogen-bond acceptors (Lipinski definition) is 6. The largest absolute Gasteiger partial charge is 0.444 e. The lowest BCUT2D eigenvalue weighted by atomic mass is 10.1. The Balaban J connectivity index is 2.07. The highest BCUT2D eigenvalue weighted by atomic mass is 35.5. The molecule has 2 unspecified atom stereocenters. The van der Waals surface area contributed by atoms with Crippen LogP contribution in [0.25, 0.3) is 0 Å². The third-order valence-electron chi connectivity index (χ3n) is 3.76. The van der Waals surface area contributed by atoms with Gasteiger partial charge in [-0.05, 0) is 39.3 Å². The zero-order chi connectivity index (χ0) is 20.4. The van der Waals surface area contributed by atoms with Crippen LogP contribution in [0.4, 0.5) is 4.79 Å². The number of carbonyl (C=O) groups is 2. The van der Waals surface area contributed by atoms with Gasteiger partial charge in [0.1, 0.15) is 5.60 Å². The summed E-state index contributed by atoms with van der Waals surface area (Å²) in [5, 5.41) is 2.87. The normalized spacial score (nSPS) is 20.6. The van der Waals surface area contributed by atoms with Crippen LogP contribution in [0.5, 0.6) is 0 Å². The van der Waals surface area contributed by atoms with E-state index in [0.717, 1.165) is 6.26 Å². The SMILES string of the molecule is CC(C)(C)OC(=O)N1CC(NC(=O)c2ccc(Cl)s2)CC1CNS(C)(=O)=O. The molecule has 1 fully saturated rings. The summed E-state index contributed by atoms with van der Waals surface area (Å²) in [7, 11) is -3.41. The molecule has 2 N–H and O–H groups in total. The van der Waals surface area contributed by atoms with Crippen molar-refractivity contribution in [2.45, 2.75) is 44.9 Å². The predicted octanol–water partition coefficient (Wildman–Crippen LogP) is 2.06. The van der Waals surface area contributed by atoms with E-state index in [9.17, 15) is 18.0 Å². The van der Waals surface area contributed by atoms with Crippen molar-refractivity contribution in [3.63, 3.8) is 0 Å². The van der Waals surface area contributed by atoms with E-state index in [1.807, 2.05) is 0 Å². The van der Waals surface area contributed by atoms with Crippen LogP contribution in [0.1, 0.15) is 36.9 Å². The molecule has 8 nitrogen and oxygen atoms in total. The molecule has 1 aliphatic rings. The van der Waals surface area contributed by atoms with Crippen LogP contribution in [0.3, 0.4) is 0 Å². The Hall–Kier alpha value is -1.36. The van der Waals surface area contributed by atoms with E-state index in [1.165, 1.54) is 16.2 Å². The second-order valence-electron chi connectivity index (χ2n) is 7.42. The Morgan fingerprint density at radius 2 is 2.04 bits per heavy atom. The first-order chi connectivity index (χ1) is 12.3. The fourth-order valence-corrected chi connectivity index (χ4v) is 4.14. The molecule has 0 spiro atoms. The topological polar surface area (TPSA) is 105 Å². The highest BCUT2D eigenvalue weighted by Gasteiger charge is 2.38. The number of amides is 2. The maximum atomic E-state index is 12.5. The number of likely N-dealkylation sites (tertiary alicyclic amines) is 1. The van der Waals surface area contributed by atoms with Gasteiger partial charge in [-0.1, -0.05) is 11.6 Å². The summed E-state index contributed by atoms with van der Waals surface area (Å²) in [6.07, 6.45) is 0.922. The fraction of sp³-hybridized carbons (Fsp3) is 0.625. The monoisotopic (exact) mass is 437 g/mol. The number of hydrogen-bond donors (Lipinski definition) is 2. The molecule has 1 aliphatic heterocycles. The smallest absolute Gasteiger partial charge is 0.410 e. The lowest BCUT2D eigenvalue weighted by molar-refractivity contribution is 0.0226. The minimum atomic E-state index is -3.41. The lowest BCUT2D eigenvalue weighted by Crippen LogP contribution is -2.45. The van der Waals surface area contributed by atoms with Crippen LogP contribution in [0, 0.1) is 0 Å². The average Bonchev–Trinajstić information content (AvgIpc) is 3.09. The Morgan fingerprint density at radius 3 is 2.56 bits per heavy atom. The molecule has 2 heterocycles. The summed E-state index contributed by atoms with van der Waals surface area (Å²) in [5.74, 6) is -0.280. The molecular formula is C16H24ClN3O5S2. The standard InChI is InChI=1S/C16H24ClN3O5S2/c1-16(2,3)25-15(22)20-9-10(7-11(20)8-18-27(4,23)24)19-14(21)12-5-6-13(17)26-12/h5-6,10-11,18H,7-9H2,1-4H3,(H,19,21). The number of nitrogens with one attached hydrogen (secondary N) is 2. The third kappa shape index (κ3) is 6.95. The number of thiophene rings is 1. The van der Waals surface area contributed by atoms with Crippen molar-refractivity contribution in [1.82, 2.24) is 14.9 Å². The highest BCUT2D eigenvalue weighted by Crippen LogP contribution is 2.24. The molecule has 1 saturated heterocycles. The summed E-state index contributed by atoms with van der Waals surface area (Å²) >= 11 is 7.02. The molecule has 0 bridgehead atoms. The zero-order valence-electron chi connectivity index (χ0n) is 15.6. The number of sulfonamides is 1. The number of ether oxygens (including phenoxy) is 1. The fourth-order valence-electron chi connectivity index (χ4n) is 2.70. The minimum Gasteiger partial charge on any atom is -0.444 e. The van der Waals surface area contributed by atoms with Gasteiger partial charge >= 0.3 is 6.09 Å². The minimum absolute atomic E-state index is 0.0509. The van der Waals surface area contributed by atoms with Gasteiger partial charge in [0, 0.05) is 19.1 Å². The van der Waals surface area contributed by atoms with Crippen LogP contribution in [-0.4, -0.2) is 62.3 Å². The quantitative estimate of drug-likeness (QED) is 0.733. The van der Waals surface area contributed by atoms with E-state index in [0.29, 0.717) is 15.6 Å². The van der Waals surface area contributed by atoms with Crippen LogP contribution in [0.2, 0.25) is 4.34 Å². The van der Waals surface area contributed by atoms with Gasteiger partial charge in [0.15, 0.2) is 0 Å². The third-order valence-corrected chi connectivity index (χ3v) is 5.68. The van der Waals surface area contributed by atoms with Crippen LogP contribution in [-0.2, 0) is 14.8 Å². The molecule has 0 aromatic carbocycles. The summed E-state index contributed by atoms with van der Waals surface area (Å²) in [6, 6.07) is 2.52. The van der Waals surface area contributed by atoms with Crippen molar-refractivity contribution in [2.24, 2.45) is 0 Å². The second kappa shape index (κ2) is 8.34. The summed E-state index contributed by atoms with van der Waals surface area (Å²) < 4.78 is 31.2. The van der Waals surface area contributed by atoms with E-state index in [1.54, 1.807) is 32.9 Å². The molecule has 2 amide bonds. The highest BCUT2D eigenvalue weighted by molar-refractivity contribution is 7.88. The summed E-state index contributed by atoms with van der Waals surface area (Å²) in [6.45, 7) is 5.55. The Morgan fingerprint density at radius 1 is 1.37 bits per heavy atom. The van der Waals surface area contributed by atoms with Crippen molar-refractivity contribution in [3.8, 4) is 0 Å². The lowest BCUT2D eigenvalue weighted by Gasteiger charge is -2.28. The van der Waals surface area contributed by atoms with Gasteiger partial charge in [-0.3, -0.25) is 4.79 Å². The Bertz CT molecular complexity index is 803. The number of nitrogens with zero attached hydrogens (tertiary/aromatic N) is 1. The van der Waals surface area contributed by atoms with Crippen molar-refractivity contribution in [2.75, 3.05) is 19.3 Å².